The molecule has 1 heterocycles. The zero-order valence-electron chi connectivity index (χ0n) is 8.28. The number of likely N-dealkylation sites (N-methyl/N-ethyl adjacent to an activating group) is 1. The molecule has 13 heavy (non-hydrogen) atoms. The Kier molecular flexibility index (Phi) is 2.86. The van der Waals surface area contributed by atoms with E-state index in [4.69, 9.17) is 4.74 Å². The second-order valence-corrected chi connectivity index (χ2v) is 4.13. The van der Waals surface area contributed by atoms with Crippen molar-refractivity contribution in [1.82, 2.24) is 4.90 Å². The number of aliphatic hydroxyl groups excluding tert-OH is 1. The van der Waals surface area contributed by atoms with Gasteiger partial charge in [-0.05, 0) is 25.3 Å². The van der Waals surface area contributed by atoms with Crippen LogP contribution in [0, 0.1) is 5.92 Å². The lowest BCUT2D eigenvalue weighted by Crippen LogP contribution is -2.48. The maximum absolute atomic E-state index is 9.88. The molecule has 0 spiro atoms. The highest BCUT2D eigenvalue weighted by Gasteiger charge is 2.37. The molecule has 0 radical (unpaired) electrons. The second-order valence-electron chi connectivity index (χ2n) is 4.13. The van der Waals surface area contributed by atoms with Crippen molar-refractivity contribution in [3.8, 4) is 0 Å². The van der Waals surface area contributed by atoms with Crippen molar-refractivity contribution < 1.29 is 9.84 Å². The lowest BCUT2D eigenvalue weighted by atomic mass is 10.1. The summed E-state index contributed by atoms with van der Waals surface area (Å²) in [6, 6.07) is 0. The maximum Gasteiger partial charge on any atom is 0.0963 e. The predicted molar refractivity (Wildman–Crippen MR) is 50.6 cm³/mol. The first kappa shape index (κ1) is 9.44. The molecule has 1 aliphatic heterocycles. The molecule has 1 saturated heterocycles. The minimum Gasteiger partial charge on any atom is -0.390 e. The quantitative estimate of drug-likeness (QED) is 0.694. The highest BCUT2D eigenvalue weighted by atomic mass is 16.5. The summed E-state index contributed by atoms with van der Waals surface area (Å²) in [5.41, 5.74) is 0. The fourth-order valence-electron chi connectivity index (χ4n) is 1.97. The third kappa shape index (κ3) is 2.22. The van der Waals surface area contributed by atoms with Gasteiger partial charge in [0, 0.05) is 13.1 Å². The number of nitrogens with zero attached hydrogens (tertiary/aromatic N) is 1. The predicted octanol–water partition coefficient (Wildman–Crippen LogP) is 0.478. The molecule has 3 nitrogen and oxygen atoms in total. The van der Waals surface area contributed by atoms with Gasteiger partial charge in [0.1, 0.15) is 0 Å². The average Bonchev–Trinajstić information content (AvgIpc) is 3.00. The van der Waals surface area contributed by atoms with Crippen LogP contribution in [-0.4, -0.2) is 48.5 Å². The monoisotopic (exact) mass is 185 g/mol. The van der Waals surface area contributed by atoms with Crippen molar-refractivity contribution in [3.63, 3.8) is 0 Å². The molecule has 1 saturated carbocycles. The number of hydrogen-bond acceptors (Lipinski definition) is 3. The Morgan fingerprint density at radius 1 is 1.54 bits per heavy atom. The van der Waals surface area contributed by atoms with Gasteiger partial charge in [0.15, 0.2) is 0 Å². The Balaban J connectivity index is 1.83. The van der Waals surface area contributed by atoms with E-state index < -0.39 is 0 Å². The van der Waals surface area contributed by atoms with Gasteiger partial charge in [-0.3, -0.25) is 4.90 Å². The number of ether oxygens (including phenoxy) is 1. The van der Waals surface area contributed by atoms with Gasteiger partial charge in [0.05, 0.1) is 18.8 Å². The minimum absolute atomic E-state index is 0.0706. The average molecular weight is 185 g/mol. The van der Waals surface area contributed by atoms with E-state index >= 15 is 0 Å². The fourth-order valence-corrected chi connectivity index (χ4v) is 1.97. The van der Waals surface area contributed by atoms with Gasteiger partial charge in [0.25, 0.3) is 0 Å². The van der Waals surface area contributed by atoms with E-state index in [2.05, 4.69) is 11.8 Å². The van der Waals surface area contributed by atoms with Crippen molar-refractivity contribution >= 4 is 0 Å². The molecule has 0 amide bonds. The van der Waals surface area contributed by atoms with Gasteiger partial charge in [-0.1, -0.05) is 6.92 Å². The Morgan fingerprint density at radius 2 is 2.31 bits per heavy atom. The normalized spacial score (nSPS) is 33.2. The maximum atomic E-state index is 9.88. The summed E-state index contributed by atoms with van der Waals surface area (Å²) in [6.45, 7) is 5.93. The highest BCUT2D eigenvalue weighted by Crippen LogP contribution is 2.35. The summed E-state index contributed by atoms with van der Waals surface area (Å²) in [5, 5.41) is 9.88. The summed E-state index contributed by atoms with van der Waals surface area (Å²) in [5.74, 6) is 0.529. The molecule has 0 aromatic heterocycles. The third-order valence-electron chi connectivity index (χ3n) is 3.11. The molecular weight excluding hydrogens is 166 g/mol. The van der Waals surface area contributed by atoms with Gasteiger partial charge in [-0.25, -0.2) is 0 Å². The van der Waals surface area contributed by atoms with Crippen LogP contribution in [0.15, 0.2) is 0 Å². The van der Waals surface area contributed by atoms with E-state index in [1.54, 1.807) is 0 Å². The zero-order chi connectivity index (χ0) is 9.26. The van der Waals surface area contributed by atoms with Gasteiger partial charge < -0.3 is 9.84 Å². The molecular formula is C10H19NO2. The van der Waals surface area contributed by atoms with E-state index in [-0.39, 0.29) is 12.2 Å². The molecule has 0 bridgehead atoms. The lowest BCUT2D eigenvalue weighted by Gasteiger charge is -2.34. The van der Waals surface area contributed by atoms with E-state index in [1.165, 1.54) is 12.8 Å². The molecule has 1 N–H and O–H groups in total. The smallest absolute Gasteiger partial charge is 0.0963 e. The highest BCUT2D eigenvalue weighted by molar-refractivity contribution is 4.88. The van der Waals surface area contributed by atoms with Gasteiger partial charge in [-0.2, -0.15) is 0 Å². The van der Waals surface area contributed by atoms with Crippen molar-refractivity contribution in [2.75, 3.05) is 26.2 Å². The molecule has 76 valence electrons. The number of hydrogen-bond donors (Lipinski definition) is 1. The molecule has 2 unspecified atom stereocenters. The summed E-state index contributed by atoms with van der Waals surface area (Å²) in [6.07, 6.45) is 2.23. The van der Waals surface area contributed by atoms with Crippen LogP contribution in [0.1, 0.15) is 19.8 Å². The molecule has 0 aromatic carbocycles. The van der Waals surface area contributed by atoms with E-state index in [0.717, 1.165) is 26.2 Å². The molecule has 2 rings (SSSR count). The van der Waals surface area contributed by atoms with Gasteiger partial charge >= 0.3 is 0 Å². The van der Waals surface area contributed by atoms with Gasteiger partial charge in [0.2, 0.25) is 0 Å². The van der Waals surface area contributed by atoms with Crippen LogP contribution in [0.3, 0.4) is 0 Å². The molecule has 1 aliphatic carbocycles. The van der Waals surface area contributed by atoms with Crippen molar-refractivity contribution in [2.24, 2.45) is 5.92 Å². The van der Waals surface area contributed by atoms with E-state index in [0.29, 0.717) is 5.92 Å². The molecule has 2 aliphatic rings. The van der Waals surface area contributed by atoms with E-state index in [9.17, 15) is 5.11 Å². The van der Waals surface area contributed by atoms with Crippen molar-refractivity contribution in [2.45, 2.75) is 32.0 Å². The van der Waals surface area contributed by atoms with Gasteiger partial charge in [-0.15, -0.1) is 0 Å². The SMILES string of the molecule is CCN1CCOC(C(O)C2CC2)C1. The summed E-state index contributed by atoms with van der Waals surface area (Å²) in [7, 11) is 0. The Morgan fingerprint density at radius 3 is 2.92 bits per heavy atom. The molecule has 2 fully saturated rings. The standard InChI is InChI=1S/C10H19NO2/c1-2-11-5-6-13-9(7-11)10(12)8-3-4-8/h8-10,12H,2-7H2,1H3. The van der Waals surface area contributed by atoms with Crippen LogP contribution in [0.5, 0.6) is 0 Å². The Labute approximate surface area is 79.7 Å². The van der Waals surface area contributed by atoms with Crippen LogP contribution in [0.2, 0.25) is 0 Å². The van der Waals surface area contributed by atoms with Crippen LogP contribution >= 0.6 is 0 Å². The largest absolute Gasteiger partial charge is 0.390 e. The molecule has 3 heteroatoms. The Hall–Kier alpha value is -0.120. The van der Waals surface area contributed by atoms with Crippen LogP contribution in [0.25, 0.3) is 0 Å². The molecule has 0 aromatic rings. The lowest BCUT2D eigenvalue weighted by molar-refractivity contribution is -0.0935. The van der Waals surface area contributed by atoms with Crippen LogP contribution < -0.4 is 0 Å². The van der Waals surface area contributed by atoms with E-state index in [1.807, 2.05) is 0 Å². The van der Waals surface area contributed by atoms with Crippen LogP contribution in [0.4, 0.5) is 0 Å². The second kappa shape index (κ2) is 3.95. The van der Waals surface area contributed by atoms with Crippen molar-refractivity contribution in [3.05, 3.63) is 0 Å². The summed E-state index contributed by atoms with van der Waals surface area (Å²) < 4.78 is 5.58. The third-order valence-corrected chi connectivity index (χ3v) is 3.11. The number of aliphatic hydroxyl groups is 1. The fraction of sp³-hybridized carbons (Fsp3) is 1.00. The van der Waals surface area contributed by atoms with Crippen molar-refractivity contribution in [1.29, 1.82) is 0 Å². The topological polar surface area (TPSA) is 32.7 Å². The first-order valence-electron chi connectivity index (χ1n) is 5.33. The van der Waals surface area contributed by atoms with Crippen LogP contribution in [-0.2, 0) is 4.74 Å². The number of rotatable bonds is 3. The molecule has 2 atom stereocenters. The zero-order valence-corrected chi connectivity index (χ0v) is 8.28. The summed E-state index contributed by atoms with van der Waals surface area (Å²) in [4.78, 5) is 2.35. The first-order chi connectivity index (χ1) is 6.31. The summed E-state index contributed by atoms with van der Waals surface area (Å²) >= 11 is 0. The first-order valence-corrected chi connectivity index (χ1v) is 5.33. The number of morpholine rings is 1. The Bertz CT molecular complexity index is 170. The minimum atomic E-state index is -0.214.